The van der Waals surface area contributed by atoms with Crippen LogP contribution in [0.4, 0.5) is 4.39 Å². The predicted octanol–water partition coefficient (Wildman–Crippen LogP) is 7.02. The van der Waals surface area contributed by atoms with Gasteiger partial charge in [-0.3, -0.25) is 0 Å². The highest BCUT2D eigenvalue weighted by atomic mass is 127. The highest BCUT2D eigenvalue weighted by Crippen LogP contribution is 2.27. The van der Waals surface area contributed by atoms with Crippen LogP contribution in [0.5, 0.6) is 11.5 Å². The molecule has 0 saturated heterocycles. The molecule has 0 saturated carbocycles. The molecule has 0 aliphatic rings. The maximum atomic E-state index is 12.5. The van der Waals surface area contributed by atoms with E-state index in [0.717, 1.165) is 5.75 Å². The van der Waals surface area contributed by atoms with E-state index in [1.165, 1.54) is 32.4 Å². The highest BCUT2D eigenvalue weighted by molar-refractivity contribution is 14.0. The van der Waals surface area contributed by atoms with Crippen molar-refractivity contribution in [2.45, 2.75) is 0 Å². The molecule has 0 fully saturated rings. The average Bonchev–Trinajstić information content (AvgIpc) is 2.74. The molecule has 3 aromatic rings. The largest absolute Gasteiger partial charge is 0.465 e. The monoisotopic (exact) mass is 666 g/mol. The predicted molar refractivity (Wildman–Crippen MR) is 133 cm³/mol. The van der Waals surface area contributed by atoms with Crippen LogP contribution in [0.1, 0.15) is 20.7 Å². The number of hydrogen-bond donors (Lipinski definition) is 0. The molecular weight excluding hydrogens is 650 g/mol. The van der Waals surface area contributed by atoms with Crippen molar-refractivity contribution < 1.29 is 28.2 Å². The molecule has 5 nitrogen and oxygen atoms in total. The van der Waals surface area contributed by atoms with Crippen molar-refractivity contribution in [3.8, 4) is 11.5 Å². The Labute approximate surface area is 213 Å². The maximum absolute atomic E-state index is 12.5. The summed E-state index contributed by atoms with van der Waals surface area (Å²) in [6.07, 6.45) is 0. The number of halogens is 4. The second-order valence-electron chi connectivity index (χ2n) is 5.66. The van der Waals surface area contributed by atoms with E-state index in [-0.39, 0.29) is 29.9 Å². The topological polar surface area (TPSA) is 61.8 Å². The summed E-state index contributed by atoms with van der Waals surface area (Å²) in [5, 5.41) is 0. The zero-order valence-corrected chi connectivity index (χ0v) is 21.9. The van der Waals surface area contributed by atoms with E-state index >= 15 is 0 Å². The number of benzene rings is 3. The second kappa shape index (κ2) is 13.4. The lowest BCUT2D eigenvalue weighted by molar-refractivity contribution is 0.0590. The quantitative estimate of drug-likeness (QED) is 0.221. The summed E-state index contributed by atoms with van der Waals surface area (Å²) < 4.78 is 28.3. The molecule has 0 N–H and O–H groups in total. The van der Waals surface area contributed by atoms with Gasteiger partial charge in [-0.15, -0.1) is 24.0 Å². The Morgan fingerprint density at radius 3 is 1.74 bits per heavy atom. The van der Waals surface area contributed by atoms with Gasteiger partial charge in [0.2, 0.25) is 0 Å². The number of rotatable bonds is 4. The number of ether oxygens (including phenoxy) is 3. The van der Waals surface area contributed by atoms with Gasteiger partial charge < -0.3 is 14.2 Å². The minimum absolute atomic E-state index is 0. The molecule has 164 valence electrons. The van der Waals surface area contributed by atoms with E-state index in [9.17, 15) is 14.0 Å². The Morgan fingerprint density at radius 1 is 0.742 bits per heavy atom. The molecule has 3 rings (SSSR count). The lowest BCUT2D eigenvalue weighted by Gasteiger charge is -2.07. The molecule has 0 amide bonds. The molecule has 3 aromatic carbocycles. The summed E-state index contributed by atoms with van der Waals surface area (Å²) in [4.78, 5) is 22.4. The third-order valence-electron chi connectivity index (χ3n) is 3.66. The number of carbonyl (C=O) groups excluding carboxylic acids is 2. The van der Waals surface area contributed by atoms with E-state index in [2.05, 4.69) is 41.3 Å². The summed E-state index contributed by atoms with van der Waals surface area (Å²) >= 11 is 6.37. The van der Waals surface area contributed by atoms with Crippen LogP contribution in [0.25, 0.3) is 0 Å². The Morgan fingerprint density at radius 2 is 1.26 bits per heavy atom. The number of para-hydroxylation sites is 1. The standard InChI is InChI=1S/C14H11BrO3.C8H6BrFO2.HI/c1-17-14(16)12-8-7-11(9-13(12)15)18-10-5-3-2-4-6-10;1-12-8(11)6-3-2-5(10)4-7(6)9;/h2-9H,1H3;2-4H,1H3;1H. The van der Waals surface area contributed by atoms with Crippen LogP contribution in [0.2, 0.25) is 0 Å². The Kier molecular flexibility index (Phi) is 11.7. The van der Waals surface area contributed by atoms with Crippen molar-refractivity contribution >= 4 is 67.8 Å². The van der Waals surface area contributed by atoms with Gasteiger partial charge >= 0.3 is 11.9 Å². The molecule has 0 aliphatic carbocycles. The zero-order chi connectivity index (χ0) is 22.1. The smallest absolute Gasteiger partial charge is 0.339 e. The van der Waals surface area contributed by atoms with Crippen molar-refractivity contribution in [1.29, 1.82) is 0 Å². The van der Waals surface area contributed by atoms with Gasteiger partial charge in [-0.2, -0.15) is 0 Å². The first-order valence-corrected chi connectivity index (χ1v) is 10.1. The van der Waals surface area contributed by atoms with Crippen LogP contribution >= 0.6 is 55.8 Å². The third kappa shape index (κ3) is 8.23. The first-order chi connectivity index (χ1) is 14.3. The molecule has 9 heteroatoms. The van der Waals surface area contributed by atoms with E-state index in [0.29, 0.717) is 25.8 Å². The van der Waals surface area contributed by atoms with Crippen LogP contribution in [0.15, 0.2) is 75.7 Å². The minimum Gasteiger partial charge on any atom is -0.465 e. The first kappa shape index (κ1) is 27.1. The summed E-state index contributed by atoms with van der Waals surface area (Å²) in [5.74, 6) is 0.139. The van der Waals surface area contributed by atoms with Gasteiger partial charge in [-0.1, -0.05) is 18.2 Å². The molecule has 0 aromatic heterocycles. The van der Waals surface area contributed by atoms with Gasteiger partial charge in [0.25, 0.3) is 0 Å². The third-order valence-corrected chi connectivity index (χ3v) is 4.97. The lowest BCUT2D eigenvalue weighted by atomic mass is 10.2. The maximum Gasteiger partial charge on any atom is 0.339 e. The molecule has 0 radical (unpaired) electrons. The molecule has 0 heterocycles. The van der Waals surface area contributed by atoms with Crippen molar-refractivity contribution in [2.24, 2.45) is 0 Å². The number of methoxy groups -OCH3 is 2. The SMILES string of the molecule is COC(=O)c1ccc(F)cc1Br.COC(=O)c1ccc(Oc2ccccc2)cc1Br.I. The van der Waals surface area contributed by atoms with Crippen molar-refractivity contribution in [3.63, 3.8) is 0 Å². The Bertz CT molecular complexity index is 1030. The Balaban J connectivity index is 0.000000324. The zero-order valence-electron chi connectivity index (χ0n) is 16.4. The van der Waals surface area contributed by atoms with Crippen molar-refractivity contribution in [2.75, 3.05) is 14.2 Å². The molecule has 0 spiro atoms. The Hall–Kier alpha value is -1.98. The number of hydrogen-bond acceptors (Lipinski definition) is 5. The molecule has 0 aliphatic heterocycles. The summed E-state index contributed by atoms with van der Waals surface area (Å²) in [7, 11) is 2.63. The van der Waals surface area contributed by atoms with Crippen molar-refractivity contribution in [1.82, 2.24) is 0 Å². The normalized spacial score (nSPS) is 9.45. The van der Waals surface area contributed by atoms with Crippen LogP contribution < -0.4 is 4.74 Å². The fraction of sp³-hybridized carbons (Fsp3) is 0.0909. The molecule has 31 heavy (non-hydrogen) atoms. The van der Waals surface area contributed by atoms with Crippen LogP contribution in [-0.2, 0) is 9.47 Å². The molecule has 0 unspecified atom stereocenters. The summed E-state index contributed by atoms with van der Waals surface area (Å²) in [5.41, 5.74) is 0.789. The van der Waals surface area contributed by atoms with Gasteiger partial charge in [0.05, 0.1) is 25.3 Å². The van der Waals surface area contributed by atoms with Crippen LogP contribution in [0.3, 0.4) is 0 Å². The van der Waals surface area contributed by atoms with Gasteiger partial charge in [-0.25, -0.2) is 14.0 Å². The van der Waals surface area contributed by atoms with Gasteiger partial charge in [-0.05, 0) is 80.4 Å². The van der Waals surface area contributed by atoms with Crippen molar-refractivity contribution in [3.05, 3.63) is 92.6 Å². The van der Waals surface area contributed by atoms with E-state index in [4.69, 9.17) is 4.74 Å². The molecule has 0 atom stereocenters. The number of carbonyl (C=O) groups is 2. The molecule has 0 bridgehead atoms. The van der Waals surface area contributed by atoms with Crippen LogP contribution in [0, 0.1) is 5.82 Å². The summed E-state index contributed by atoms with van der Waals surface area (Å²) in [6, 6.07) is 18.3. The van der Waals surface area contributed by atoms with E-state index in [1.54, 1.807) is 18.2 Å². The fourth-order valence-corrected chi connectivity index (χ4v) is 3.26. The highest BCUT2D eigenvalue weighted by Gasteiger charge is 2.11. The van der Waals surface area contributed by atoms with Gasteiger partial charge in [0.1, 0.15) is 17.3 Å². The van der Waals surface area contributed by atoms with Gasteiger partial charge in [0.15, 0.2) is 0 Å². The average molecular weight is 668 g/mol. The summed E-state index contributed by atoms with van der Waals surface area (Å²) in [6.45, 7) is 0. The van der Waals surface area contributed by atoms with Gasteiger partial charge in [0, 0.05) is 8.95 Å². The lowest BCUT2D eigenvalue weighted by Crippen LogP contribution is -2.02. The second-order valence-corrected chi connectivity index (χ2v) is 7.37. The number of esters is 2. The first-order valence-electron chi connectivity index (χ1n) is 8.49. The fourth-order valence-electron chi connectivity index (χ4n) is 2.22. The molecular formula is C22H18Br2FIO5. The van der Waals surface area contributed by atoms with E-state index in [1.807, 2.05) is 30.3 Å². The van der Waals surface area contributed by atoms with Crippen LogP contribution in [-0.4, -0.2) is 26.2 Å². The minimum atomic E-state index is -0.484. The van der Waals surface area contributed by atoms with E-state index < -0.39 is 11.8 Å².